The maximum absolute atomic E-state index is 13.7. The average Bonchev–Trinajstić information content (AvgIpc) is 3.27. The lowest BCUT2D eigenvalue weighted by Gasteiger charge is -2.25. The topological polar surface area (TPSA) is 70.6 Å². The Morgan fingerprint density at radius 2 is 1.82 bits per heavy atom. The molecule has 0 aliphatic heterocycles. The molecule has 176 valence electrons. The van der Waals surface area contributed by atoms with Crippen molar-refractivity contribution in [1.29, 1.82) is 0 Å². The zero-order valence-electron chi connectivity index (χ0n) is 18.6. The molecule has 2 aromatic carbocycles. The van der Waals surface area contributed by atoms with Crippen molar-refractivity contribution in [3.05, 3.63) is 87.1 Å². The molecule has 0 spiro atoms. The molecule has 3 N–H and O–H groups in total. The van der Waals surface area contributed by atoms with Gasteiger partial charge in [0.1, 0.15) is 17.4 Å². The van der Waals surface area contributed by atoms with Crippen LogP contribution in [0.2, 0.25) is 0 Å². The van der Waals surface area contributed by atoms with Crippen molar-refractivity contribution < 1.29 is 23.4 Å². The maximum Gasteiger partial charge on any atom is 0.256 e. The average molecular weight is 475 g/mol. The van der Waals surface area contributed by atoms with Crippen LogP contribution in [0.5, 0.6) is 5.75 Å². The summed E-state index contributed by atoms with van der Waals surface area (Å²) in [7, 11) is 1.47. The quantitative estimate of drug-likeness (QED) is 0.392. The van der Waals surface area contributed by atoms with Crippen LogP contribution in [0.15, 0.2) is 53.2 Å². The van der Waals surface area contributed by atoms with Gasteiger partial charge in [-0.15, -0.1) is 11.3 Å². The fourth-order valence-corrected chi connectivity index (χ4v) is 4.36. The van der Waals surface area contributed by atoms with Gasteiger partial charge >= 0.3 is 0 Å². The van der Waals surface area contributed by atoms with Crippen molar-refractivity contribution in [2.24, 2.45) is 0 Å². The van der Waals surface area contributed by atoms with Crippen LogP contribution in [0.25, 0.3) is 0 Å². The van der Waals surface area contributed by atoms with E-state index in [1.165, 1.54) is 36.1 Å². The molecule has 3 aromatic rings. The second-order valence-corrected chi connectivity index (χ2v) is 8.53. The lowest BCUT2D eigenvalue weighted by molar-refractivity contribution is 0.0827. The summed E-state index contributed by atoms with van der Waals surface area (Å²) in [6.45, 7) is 2.81. The number of hydrogen-bond acceptors (Lipinski definition) is 5. The van der Waals surface area contributed by atoms with Crippen LogP contribution in [0.4, 0.5) is 8.78 Å². The number of carbonyl (C=O) groups is 1. The molecule has 0 fully saturated rings. The molecule has 8 heteroatoms. The number of thiophene rings is 1. The summed E-state index contributed by atoms with van der Waals surface area (Å²) in [5.74, 6) is -1.42. The zero-order valence-corrected chi connectivity index (χ0v) is 19.4. The van der Waals surface area contributed by atoms with E-state index in [0.717, 1.165) is 18.1 Å². The molecule has 0 saturated carbocycles. The minimum atomic E-state index is -1.00. The lowest BCUT2D eigenvalue weighted by atomic mass is 10.00. The summed E-state index contributed by atoms with van der Waals surface area (Å²) in [5.41, 5.74) is 2.98. The molecule has 33 heavy (non-hydrogen) atoms. The summed E-state index contributed by atoms with van der Waals surface area (Å²) in [6, 6.07) is 10.5. The van der Waals surface area contributed by atoms with Crippen LogP contribution in [-0.2, 0) is 19.4 Å². The van der Waals surface area contributed by atoms with E-state index in [0.29, 0.717) is 23.4 Å². The van der Waals surface area contributed by atoms with E-state index >= 15 is 0 Å². The highest BCUT2D eigenvalue weighted by Crippen LogP contribution is 2.23. The molecule has 0 saturated heterocycles. The number of aliphatic hydroxyl groups is 1. The Hall–Kier alpha value is -2.81. The Bertz CT molecular complexity index is 1050. The van der Waals surface area contributed by atoms with Gasteiger partial charge in [0.2, 0.25) is 0 Å². The Morgan fingerprint density at radius 3 is 2.52 bits per heavy atom. The number of benzene rings is 2. The van der Waals surface area contributed by atoms with Gasteiger partial charge in [0.05, 0.1) is 24.8 Å². The highest BCUT2D eigenvalue weighted by molar-refractivity contribution is 7.08. The Balaban J connectivity index is 1.71. The van der Waals surface area contributed by atoms with Gasteiger partial charge in [-0.3, -0.25) is 4.79 Å². The van der Waals surface area contributed by atoms with Crippen molar-refractivity contribution in [1.82, 2.24) is 10.6 Å². The van der Waals surface area contributed by atoms with Crippen molar-refractivity contribution in [2.75, 3.05) is 13.7 Å². The van der Waals surface area contributed by atoms with Gasteiger partial charge in [0.15, 0.2) is 0 Å². The van der Waals surface area contributed by atoms with Gasteiger partial charge in [0, 0.05) is 29.9 Å². The van der Waals surface area contributed by atoms with Gasteiger partial charge in [-0.25, -0.2) is 8.78 Å². The van der Waals surface area contributed by atoms with Crippen molar-refractivity contribution in [3.63, 3.8) is 0 Å². The van der Waals surface area contributed by atoms with Crippen molar-refractivity contribution >= 4 is 17.2 Å². The van der Waals surface area contributed by atoms with E-state index in [2.05, 4.69) is 29.7 Å². The number of hydrogen-bond donors (Lipinski definition) is 3. The number of halogens is 2. The molecule has 0 radical (unpaired) electrons. The summed E-state index contributed by atoms with van der Waals surface area (Å²) < 4.78 is 32.6. The number of carbonyl (C=O) groups excluding carboxylic acids is 1. The first kappa shape index (κ1) is 24.8. The van der Waals surface area contributed by atoms with Gasteiger partial charge in [-0.05, 0) is 41.7 Å². The number of methoxy groups -OCH3 is 1. The lowest BCUT2D eigenvalue weighted by Crippen LogP contribution is -2.48. The Morgan fingerprint density at radius 1 is 1.09 bits per heavy atom. The van der Waals surface area contributed by atoms with E-state index in [1.807, 2.05) is 12.1 Å². The molecular weight excluding hydrogens is 446 g/mol. The van der Waals surface area contributed by atoms with Crippen LogP contribution in [0.1, 0.15) is 34.0 Å². The molecule has 0 unspecified atom stereocenters. The smallest absolute Gasteiger partial charge is 0.256 e. The van der Waals surface area contributed by atoms with E-state index in [9.17, 15) is 18.7 Å². The van der Waals surface area contributed by atoms with E-state index < -0.39 is 29.7 Å². The second-order valence-electron chi connectivity index (χ2n) is 7.79. The van der Waals surface area contributed by atoms with E-state index in [1.54, 1.807) is 10.8 Å². The monoisotopic (exact) mass is 474 g/mol. The number of nitrogens with one attached hydrogen (secondary N) is 2. The predicted molar refractivity (Wildman–Crippen MR) is 126 cm³/mol. The minimum Gasteiger partial charge on any atom is -0.495 e. The molecule has 1 heterocycles. The molecule has 1 aromatic heterocycles. The molecule has 5 nitrogen and oxygen atoms in total. The number of aryl methyl sites for hydroxylation is 1. The SMILES string of the molecule is CCc1cccc(CNC[C@@H](O)[C@H](Cc2cc(F)cc(F)c2)NC(=O)c2cscc2OC)c1. The molecule has 3 rings (SSSR count). The van der Waals surface area contributed by atoms with Crippen LogP contribution in [-0.4, -0.2) is 36.8 Å². The third-order valence-corrected chi connectivity index (χ3v) is 6.05. The largest absolute Gasteiger partial charge is 0.495 e. The summed E-state index contributed by atoms with van der Waals surface area (Å²) >= 11 is 1.32. The molecule has 1 amide bonds. The van der Waals surface area contributed by atoms with Crippen molar-refractivity contribution in [3.8, 4) is 5.75 Å². The van der Waals surface area contributed by atoms with Crippen LogP contribution in [0.3, 0.4) is 0 Å². The number of aliphatic hydroxyl groups excluding tert-OH is 1. The molecule has 0 aliphatic rings. The first-order chi connectivity index (χ1) is 15.9. The Kier molecular flexibility index (Phi) is 8.94. The van der Waals surface area contributed by atoms with Crippen molar-refractivity contribution in [2.45, 2.75) is 38.5 Å². The second kappa shape index (κ2) is 11.9. The molecule has 0 bridgehead atoms. The molecular formula is C25H28F2N2O3S. The fourth-order valence-electron chi connectivity index (χ4n) is 3.59. The first-order valence-corrected chi connectivity index (χ1v) is 11.7. The van der Waals surface area contributed by atoms with Gasteiger partial charge in [0.25, 0.3) is 5.91 Å². The molecule has 0 aliphatic carbocycles. The van der Waals surface area contributed by atoms with E-state index in [4.69, 9.17) is 4.74 Å². The minimum absolute atomic E-state index is 0.0566. The van der Waals surface area contributed by atoms with Crippen LogP contribution in [0, 0.1) is 11.6 Å². The fraction of sp³-hybridized carbons (Fsp3) is 0.320. The number of rotatable bonds is 11. The van der Waals surface area contributed by atoms with Crippen LogP contribution >= 0.6 is 11.3 Å². The maximum atomic E-state index is 13.7. The zero-order chi connectivity index (χ0) is 23.8. The highest BCUT2D eigenvalue weighted by Gasteiger charge is 2.24. The van der Waals surface area contributed by atoms with Gasteiger partial charge < -0.3 is 20.5 Å². The molecule has 2 atom stereocenters. The third kappa shape index (κ3) is 7.08. The summed E-state index contributed by atoms with van der Waals surface area (Å²) in [5, 5.41) is 20.2. The van der Waals surface area contributed by atoms with Gasteiger partial charge in [-0.1, -0.05) is 31.2 Å². The predicted octanol–water partition coefficient (Wildman–Crippen LogP) is 4.09. The standard InChI is InChI=1S/C25H28F2N2O3S/c1-3-16-5-4-6-17(7-16)12-28-13-23(30)22(10-18-8-19(26)11-20(27)9-18)29-25(31)21-14-33-15-24(21)32-2/h4-9,11,14-15,22-23,28,30H,3,10,12-13H2,1-2H3,(H,29,31)/t22-,23+/m0/s1. The summed E-state index contributed by atoms with van der Waals surface area (Å²) in [4.78, 5) is 12.8. The third-order valence-electron chi connectivity index (χ3n) is 5.33. The number of amides is 1. The van der Waals surface area contributed by atoms with Gasteiger partial charge in [-0.2, -0.15) is 0 Å². The number of ether oxygens (including phenoxy) is 1. The first-order valence-electron chi connectivity index (χ1n) is 10.7. The highest BCUT2D eigenvalue weighted by atomic mass is 32.1. The normalized spacial score (nSPS) is 12.9. The summed E-state index contributed by atoms with van der Waals surface area (Å²) in [6.07, 6.45) is -0.0127. The Labute approximate surface area is 196 Å². The van der Waals surface area contributed by atoms with E-state index in [-0.39, 0.29) is 13.0 Å². The van der Waals surface area contributed by atoms with Crippen LogP contribution < -0.4 is 15.4 Å².